The maximum atomic E-state index is 13.4. The van der Waals surface area contributed by atoms with Gasteiger partial charge in [0.1, 0.15) is 24.7 Å². The highest BCUT2D eigenvalue weighted by molar-refractivity contribution is 5.95. The summed E-state index contributed by atoms with van der Waals surface area (Å²) in [6, 6.07) is -3.60. The van der Waals surface area contributed by atoms with Crippen LogP contribution in [0.5, 0.6) is 0 Å². The number of hydrogen-bond acceptors (Lipinski definition) is 6. The van der Waals surface area contributed by atoms with Crippen LogP contribution in [0.3, 0.4) is 0 Å². The SMILES string of the molecule is CC[C@H](C)[C@H](N)C(=O)N[C@H](C(=O)N[C@H](C(=O)N[C@H](C(=O)NCC(=O)O)[C@@H](C)CC)[C@@H](C)CC)[C@@H](C)CC. The van der Waals surface area contributed by atoms with Gasteiger partial charge in [-0.1, -0.05) is 81.1 Å². The van der Waals surface area contributed by atoms with Crippen LogP contribution in [0.2, 0.25) is 0 Å². The molecule has 37 heavy (non-hydrogen) atoms. The summed E-state index contributed by atoms with van der Waals surface area (Å²) in [5.74, 6) is -4.13. The molecule has 0 aromatic carbocycles. The summed E-state index contributed by atoms with van der Waals surface area (Å²) in [6.07, 6.45) is 2.45. The molecule has 0 aliphatic heterocycles. The molecule has 0 aromatic heterocycles. The smallest absolute Gasteiger partial charge is 0.322 e. The lowest BCUT2D eigenvalue weighted by molar-refractivity contribution is -0.139. The average molecular weight is 528 g/mol. The minimum absolute atomic E-state index is 0.0657. The highest BCUT2D eigenvalue weighted by Gasteiger charge is 2.35. The minimum Gasteiger partial charge on any atom is -0.480 e. The second kappa shape index (κ2) is 16.9. The molecule has 0 heterocycles. The zero-order valence-electron chi connectivity index (χ0n) is 23.7. The van der Waals surface area contributed by atoms with Gasteiger partial charge in [-0.3, -0.25) is 24.0 Å². The van der Waals surface area contributed by atoms with Crippen LogP contribution in [0.25, 0.3) is 0 Å². The van der Waals surface area contributed by atoms with E-state index in [0.717, 1.165) is 0 Å². The molecular weight excluding hydrogens is 478 g/mol. The summed E-state index contributed by atoms with van der Waals surface area (Å²) in [7, 11) is 0. The first-order valence-electron chi connectivity index (χ1n) is 13.4. The lowest BCUT2D eigenvalue weighted by Gasteiger charge is -2.31. The molecule has 0 fully saturated rings. The summed E-state index contributed by atoms with van der Waals surface area (Å²) < 4.78 is 0. The van der Waals surface area contributed by atoms with E-state index in [-0.39, 0.29) is 23.7 Å². The van der Waals surface area contributed by atoms with E-state index in [9.17, 15) is 24.0 Å². The summed E-state index contributed by atoms with van der Waals surface area (Å²) >= 11 is 0. The fraction of sp³-hybridized carbons (Fsp3) is 0.808. The van der Waals surface area contributed by atoms with Gasteiger partial charge in [-0.15, -0.1) is 0 Å². The Morgan fingerprint density at radius 2 is 0.919 bits per heavy atom. The van der Waals surface area contributed by atoms with Gasteiger partial charge in [0.05, 0.1) is 6.04 Å². The monoisotopic (exact) mass is 527 g/mol. The first kappa shape index (κ1) is 34.3. The van der Waals surface area contributed by atoms with E-state index in [0.29, 0.717) is 25.7 Å². The molecule has 0 saturated heterocycles. The van der Waals surface area contributed by atoms with Gasteiger partial charge >= 0.3 is 5.97 Å². The van der Waals surface area contributed by atoms with Gasteiger partial charge < -0.3 is 32.1 Å². The molecular formula is C26H49N5O6. The number of carboxylic acid groups (broad SMARTS) is 1. The Morgan fingerprint density at radius 1 is 0.595 bits per heavy atom. The molecule has 0 saturated carbocycles. The van der Waals surface area contributed by atoms with Crippen molar-refractivity contribution in [1.82, 2.24) is 21.3 Å². The first-order valence-corrected chi connectivity index (χ1v) is 13.4. The fourth-order valence-electron chi connectivity index (χ4n) is 3.63. The van der Waals surface area contributed by atoms with Crippen molar-refractivity contribution in [1.29, 1.82) is 0 Å². The molecule has 8 atom stereocenters. The maximum Gasteiger partial charge on any atom is 0.322 e. The van der Waals surface area contributed by atoms with E-state index in [1.807, 2.05) is 48.5 Å². The molecule has 11 nitrogen and oxygen atoms in total. The third-order valence-corrected chi connectivity index (χ3v) is 7.35. The molecule has 0 aromatic rings. The number of rotatable bonds is 17. The summed E-state index contributed by atoms with van der Waals surface area (Å²) in [4.78, 5) is 63.0. The highest BCUT2D eigenvalue weighted by atomic mass is 16.4. The minimum atomic E-state index is -1.20. The van der Waals surface area contributed by atoms with Crippen molar-refractivity contribution in [2.45, 2.75) is 105 Å². The molecule has 0 unspecified atom stereocenters. The van der Waals surface area contributed by atoms with E-state index in [1.54, 1.807) is 6.92 Å². The summed E-state index contributed by atoms with van der Waals surface area (Å²) in [5.41, 5.74) is 6.07. The number of nitrogens with two attached hydrogens (primary N) is 1. The zero-order chi connectivity index (χ0) is 28.9. The van der Waals surface area contributed by atoms with Gasteiger partial charge in [0, 0.05) is 0 Å². The molecule has 11 heteroatoms. The van der Waals surface area contributed by atoms with Crippen LogP contribution in [-0.2, 0) is 24.0 Å². The largest absolute Gasteiger partial charge is 0.480 e. The Kier molecular flexibility index (Phi) is 15.7. The normalized spacial score (nSPS) is 17.6. The number of amides is 4. The predicted octanol–water partition coefficient (Wildman–Crippen LogP) is 1.15. The maximum absolute atomic E-state index is 13.4. The van der Waals surface area contributed by atoms with Gasteiger partial charge in [-0.25, -0.2) is 0 Å². The quantitative estimate of drug-likeness (QED) is 0.164. The number of carbonyl (C=O) groups is 5. The van der Waals surface area contributed by atoms with E-state index in [4.69, 9.17) is 10.8 Å². The third-order valence-electron chi connectivity index (χ3n) is 7.35. The van der Waals surface area contributed by atoms with E-state index < -0.39 is 60.3 Å². The van der Waals surface area contributed by atoms with Crippen molar-refractivity contribution in [2.24, 2.45) is 29.4 Å². The second-order valence-corrected chi connectivity index (χ2v) is 10.1. The van der Waals surface area contributed by atoms with Crippen molar-refractivity contribution in [3.8, 4) is 0 Å². The molecule has 0 radical (unpaired) electrons. The van der Waals surface area contributed by atoms with Crippen LogP contribution in [0.15, 0.2) is 0 Å². The standard InChI is InChI=1S/C26H49N5O6/c1-9-14(5)19(27)23(34)29-21(16(7)11-3)25(36)31-22(17(8)12-4)26(37)30-20(15(6)10-2)24(35)28-13-18(32)33/h14-17,19-22H,9-13,27H2,1-8H3,(H,28,35)(H,29,34)(H,30,37)(H,31,36)(H,32,33)/t14-,15-,16-,17-,19-,20-,21-,22-/m0/s1. The van der Waals surface area contributed by atoms with Crippen molar-refractivity contribution >= 4 is 29.6 Å². The van der Waals surface area contributed by atoms with E-state index in [1.165, 1.54) is 0 Å². The fourth-order valence-corrected chi connectivity index (χ4v) is 3.63. The molecule has 4 amide bonds. The van der Waals surface area contributed by atoms with Gasteiger partial charge in [0.25, 0.3) is 0 Å². The summed E-state index contributed by atoms with van der Waals surface area (Å²) in [5, 5.41) is 19.5. The first-order chi connectivity index (χ1) is 17.2. The highest BCUT2D eigenvalue weighted by Crippen LogP contribution is 2.15. The summed E-state index contributed by atoms with van der Waals surface area (Å²) in [6.45, 7) is 14.3. The number of carbonyl (C=O) groups excluding carboxylic acids is 4. The van der Waals surface area contributed by atoms with Gasteiger partial charge in [-0.05, 0) is 23.7 Å². The van der Waals surface area contributed by atoms with Gasteiger partial charge in [0.2, 0.25) is 23.6 Å². The van der Waals surface area contributed by atoms with Crippen molar-refractivity contribution in [3.63, 3.8) is 0 Å². The lowest BCUT2D eigenvalue weighted by Crippen LogP contribution is -2.61. The van der Waals surface area contributed by atoms with Crippen LogP contribution >= 0.6 is 0 Å². The molecule has 0 rings (SSSR count). The predicted molar refractivity (Wildman–Crippen MR) is 142 cm³/mol. The molecule has 214 valence electrons. The van der Waals surface area contributed by atoms with Crippen LogP contribution in [0, 0.1) is 23.7 Å². The molecule has 0 bridgehead atoms. The Labute approximate surface area is 221 Å². The lowest BCUT2D eigenvalue weighted by atomic mass is 9.93. The van der Waals surface area contributed by atoms with Crippen LogP contribution < -0.4 is 27.0 Å². The number of nitrogens with one attached hydrogen (secondary N) is 4. The van der Waals surface area contributed by atoms with Crippen LogP contribution in [-0.4, -0.2) is 65.4 Å². The number of hydrogen-bond donors (Lipinski definition) is 6. The van der Waals surface area contributed by atoms with Crippen LogP contribution in [0.1, 0.15) is 81.1 Å². The van der Waals surface area contributed by atoms with Gasteiger partial charge in [0.15, 0.2) is 0 Å². The Balaban J connectivity index is 5.83. The topological polar surface area (TPSA) is 180 Å². The molecule has 0 aliphatic carbocycles. The van der Waals surface area contributed by atoms with Crippen molar-refractivity contribution in [2.75, 3.05) is 6.54 Å². The van der Waals surface area contributed by atoms with Crippen molar-refractivity contribution < 1.29 is 29.1 Å². The number of aliphatic carboxylic acids is 1. The Hall–Kier alpha value is -2.69. The van der Waals surface area contributed by atoms with E-state index >= 15 is 0 Å². The Bertz CT molecular complexity index is 777. The van der Waals surface area contributed by atoms with Crippen molar-refractivity contribution in [3.05, 3.63) is 0 Å². The number of carboxylic acids is 1. The zero-order valence-corrected chi connectivity index (χ0v) is 23.7. The molecule has 7 N–H and O–H groups in total. The van der Waals surface area contributed by atoms with E-state index in [2.05, 4.69) is 21.3 Å². The second-order valence-electron chi connectivity index (χ2n) is 10.1. The van der Waals surface area contributed by atoms with Crippen LogP contribution in [0.4, 0.5) is 0 Å². The molecule has 0 aliphatic rings. The average Bonchev–Trinajstić information content (AvgIpc) is 2.88. The Morgan fingerprint density at radius 3 is 1.24 bits per heavy atom. The third kappa shape index (κ3) is 11.1. The molecule has 0 spiro atoms. The van der Waals surface area contributed by atoms with Gasteiger partial charge in [-0.2, -0.15) is 0 Å².